The fourth-order valence-corrected chi connectivity index (χ4v) is 5.64. The molecule has 1 atom stereocenters. The average molecular weight is 477 g/mol. The van der Waals surface area contributed by atoms with Gasteiger partial charge in [0.1, 0.15) is 12.4 Å². The van der Waals surface area contributed by atoms with E-state index < -0.39 is 0 Å². The van der Waals surface area contributed by atoms with Crippen LogP contribution in [0.2, 0.25) is 0 Å². The molecule has 0 radical (unpaired) electrons. The smallest absolute Gasteiger partial charge is 0.246 e. The van der Waals surface area contributed by atoms with E-state index >= 15 is 0 Å². The van der Waals surface area contributed by atoms with E-state index in [1.54, 1.807) is 0 Å². The molecule has 1 N–H and O–H groups in total. The summed E-state index contributed by atoms with van der Waals surface area (Å²) in [6.45, 7) is 12.8. The first kappa shape index (κ1) is 22.3. The number of anilines is 3. The van der Waals surface area contributed by atoms with Crippen LogP contribution in [0, 0.1) is 6.92 Å². The zero-order chi connectivity index (χ0) is 23.9. The van der Waals surface area contributed by atoms with Crippen LogP contribution in [0.4, 0.5) is 17.2 Å². The Bertz CT molecular complexity index is 1140. The summed E-state index contributed by atoms with van der Waals surface area (Å²) in [6, 6.07) is 4.62. The maximum atomic E-state index is 11.9. The van der Waals surface area contributed by atoms with Gasteiger partial charge >= 0.3 is 0 Å². The molecule has 0 saturated carbocycles. The summed E-state index contributed by atoms with van der Waals surface area (Å²) < 4.78 is 11.8. The third kappa shape index (κ3) is 4.12. The van der Waals surface area contributed by atoms with Crippen molar-refractivity contribution in [2.24, 2.45) is 0 Å². The number of morpholine rings is 1. The lowest BCUT2D eigenvalue weighted by atomic mass is 9.92. The Morgan fingerprint density at radius 1 is 1.23 bits per heavy atom. The van der Waals surface area contributed by atoms with E-state index in [1.165, 1.54) is 6.08 Å². The Kier molecular flexibility index (Phi) is 5.82. The number of nitrogens with one attached hydrogen (secondary N) is 1. The molecule has 9 nitrogen and oxygen atoms in total. The second-order valence-corrected chi connectivity index (χ2v) is 9.76. The van der Waals surface area contributed by atoms with Gasteiger partial charge < -0.3 is 24.6 Å². The van der Waals surface area contributed by atoms with Crippen LogP contribution >= 0.6 is 0 Å². The SMILES string of the molecule is C=CC(=O)N1CC[C@H](N2CC(c3cc4c(c(C)n3)OCc3c(N5CCOCC5)ccnc3N4)C2)C1. The van der Waals surface area contributed by atoms with Crippen LogP contribution in [0.3, 0.4) is 0 Å². The first-order chi connectivity index (χ1) is 17.1. The quantitative estimate of drug-likeness (QED) is 0.674. The van der Waals surface area contributed by atoms with Gasteiger partial charge in [0.25, 0.3) is 0 Å². The second kappa shape index (κ2) is 9.13. The van der Waals surface area contributed by atoms with Crippen molar-refractivity contribution < 1.29 is 14.3 Å². The lowest BCUT2D eigenvalue weighted by molar-refractivity contribution is -0.125. The maximum absolute atomic E-state index is 11.9. The van der Waals surface area contributed by atoms with E-state index in [4.69, 9.17) is 14.5 Å². The summed E-state index contributed by atoms with van der Waals surface area (Å²) >= 11 is 0. The number of aryl methyl sites for hydroxylation is 1. The van der Waals surface area contributed by atoms with Crippen molar-refractivity contribution in [3.8, 4) is 5.75 Å². The molecule has 184 valence electrons. The summed E-state index contributed by atoms with van der Waals surface area (Å²) in [5, 5.41) is 3.56. The van der Waals surface area contributed by atoms with Crippen molar-refractivity contribution in [1.82, 2.24) is 19.8 Å². The molecule has 6 rings (SSSR count). The second-order valence-electron chi connectivity index (χ2n) is 9.76. The summed E-state index contributed by atoms with van der Waals surface area (Å²) in [5.41, 5.74) is 5.13. The summed E-state index contributed by atoms with van der Waals surface area (Å²) in [6.07, 6.45) is 4.30. The number of carbonyl (C=O) groups excluding carboxylic acids is 1. The Balaban J connectivity index is 1.18. The molecule has 4 aliphatic heterocycles. The molecule has 2 aromatic rings. The van der Waals surface area contributed by atoms with Gasteiger partial charge in [0, 0.05) is 68.8 Å². The molecule has 1 amide bonds. The highest BCUT2D eigenvalue weighted by Gasteiger charge is 2.38. The summed E-state index contributed by atoms with van der Waals surface area (Å²) in [4.78, 5) is 28.2. The zero-order valence-corrected chi connectivity index (χ0v) is 20.2. The van der Waals surface area contributed by atoms with E-state index in [9.17, 15) is 4.79 Å². The number of amides is 1. The number of rotatable bonds is 4. The van der Waals surface area contributed by atoms with E-state index in [0.717, 1.165) is 98.8 Å². The Labute approximate surface area is 205 Å². The topological polar surface area (TPSA) is 83.1 Å². The normalized spacial score (nSPS) is 22.4. The minimum absolute atomic E-state index is 0.0318. The lowest BCUT2D eigenvalue weighted by Crippen LogP contribution is -2.52. The molecule has 0 bridgehead atoms. The van der Waals surface area contributed by atoms with Crippen molar-refractivity contribution in [1.29, 1.82) is 0 Å². The first-order valence-corrected chi connectivity index (χ1v) is 12.5. The van der Waals surface area contributed by atoms with E-state index in [0.29, 0.717) is 18.6 Å². The van der Waals surface area contributed by atoms with Crippen LogP contribution < -0.4 is 15.0 Å². The van der Waals surface area contributed by atoms with E-state index in [1.807, 2.05) is 18.0 Å². The lowest BCUT2D eigenvalue weighted by Gasteiger charge is -2.43. The Morgan fingerprint density at radius 3 is 2.86 bits per heavy atom. The molecule has 4 aliphatic rings. The number of hydrogen-bond acceptors (Lipinski definition) is 8. The average Bonchev–Trinajstić information content (AvgIpc) is 3.24. The predicted octanol–water partition coefficient (Wildman–Crippen LogP) is 2.44. The van der Waals surface area contributed by atoms with Crippen LogP contribution in [-0.4, -0.2) is 84.2 Å². The number of pyridine rings is 2. The van der Waals surface area contributed by atoms with Gasteiger partial charge in [-0.2, -0.15) is 0 Å². The van der Waals surface area contributed by atoms with Gasteiger partial charge in [-0.25, -0.2) is 4.98 Å². The molecular weight excluding hydrogens is 444 g/mol. The highest BCUT2D eigenvalue weighted by molar-refractivity contribution is 5.87. The molecule has 0 spiro atoms. The van der Waals surface area contributed by atoms with Crippen LogP contribution in [0.15, 0.2) is 31.0 Å². The molecule has 2 aromatic heterocycles. The highest BCUT2D eigenvalue weighted by Crippen LogP contribution is 2.41. The molecule has 35 heavy (non-hydrogen) atoms. The van der Waals surface area contributed by atoms with Crippen LogP contribution in [0.5, 0.6) is 5.75 Å². The summed E-state index contributed by atoms with van der Waals surface area (Å²) in [7, 11) is 0. The molecule has 0 unspecified atom stereocenters. The monoisotopic (exact) mass is 476 g/mol. The van der Waals surface area contributed by atoms with Gasteiger partial charge in [0.05, 0.1) is 30.2 Å². The Hall–Kier alpha value is -3.17. The number of ether oxygens (including phenoxy) is 2. The summed E-state index contributed by atoms with van der Waals surface area (Å²) in [5.74, 6) is 2.05. The van der Waals surface area contributed by atoms with Gasteiger partial charge in [-0.1, -0.05) is 6.58 Å². The molecule has 0 aliphatic carbocycles. The van der Waals surface area contributed by atoms with Crippen LogP contribution in [0.25, 0.3) is 0 Å². The number of likely N-dealkylation sites (tertiary alicyclic amines) is 2. The first-order valence-electron chi connectivity index (χ1n) is 12.5. The van der Waals surface area contributed by atoms with Gasteiger partial charge in [-0.05, 0) is 31.6 Å². The van der Waals surface area contributed by atoms with E-state index in [2.05, 4.69) is 38.8 Å². The van der Waals surface area contributed by atoms with Crippen LogP contribution in [0.1, 0.15) is 29.3 Å². The fourth-order valence-electron chi connectivity index (χ4n) is 5.64. The Morgan fingerprint density at radius 2 is 2.06 bits per heavy atom. The van der Waals surface area contributed by atoms with Crippen LogP contribution in [-0.2, 0) is 16.1 Å². The van der Waals surface area contributed by atoms with Crippen molar-refractivity contribution in [2.45, 2.75) is 31.9 Å². The minimum Gasteiger partial charge on any atom is -0.485 e. The molecule has 3 fully saturated rings. The molecule has 9 heteroatoms. The van der Waals surface area contributed by atoms with Crippen molar-refractivity contribution in [2.75, 3.05) is 62.7 Å². The molecule has 3 saturated heterocycles. The molecule has 6 heterocycles. The number of aromatic nitrogens is 2. The number of hydrogen-bond donors (Lipinski definition) is 1. The predicted molar refractivity (Wildman–Crippen MR) is 133 cm³/mol. The van der Waals surface area contributed by atoms with Gasteiger partial charge in [0.2, 0.25) is 5.91 Å². The number of carbonyl (C=O) groups is 1. The molecular formula is C26H32N6O3. The van der Waals surface area contributed by atoms with Crippen molar-refractivity contribution in [3.05, 3.63) is 47.9 Å². The number of nitrogens with zero attached hydrogens (tertiary/aromatic N) is 5. The third-order valence-corrected chi connectivity index (χ3v) is 7.65. The van der Waals surface area contributed by atoms with Gasteiger partial charge in [0.15, 0.2) is 5.75 Å². The fraction of sp³-hybridized carbons (Fsp3) is 0.500. The van der Waals surface area contributed by atoms with Gasteiger partial charge in [-0.15, -0.1) is 0 Å². The highest BCUT2D eigenvalue weighted by atomic mass is 16.5. The molecule has 0 aromatic carbocycles. The van der Waals surface area contributed by atoms with Gasteiger partial charge in [-0.3, -0.25) is 14.7 Å². The maximum Gasteiger partial charge on any atom is 0.246 e. The zero-order valence-electron chi connectivity index (χ0n) is 20.2. The standard InChI is InChI=1S/C26H32N6O3/c1-3-24(33)31-7-5-19(15-31)32-13-18(14-32)21-12-22-25(17(2)28-21)35-16-20-23(4-6-27-26(20)29-22)30-8-10-34-11-9-30/h3-4,6,12,18-19H,1,5,7-11,13-16H2,2H3,(H,27,29)/t19-/m0/s1. The third-order valence-electron chi connectivity index (χ3n) is 7.65. The minimum atomic E-state index is 0.0318. The van der Waals surface area contributed by atoms with Crippen molar-refractivity contribution >= 4 is 23.1 Å². The largest absolute Gasteiger partial charge is 0.485 e. The van der Waals surface area contributed by atoms with E-state index in [-0.39, 0.29) is 5.91 Å². The number of fused-ring (bicyclic) bond motifs is 2. The van der Waals surface area contributed by atoms with Crippen molar-refractivity contribution in [3.63, 3.8) is 0 Å².